The number of amides is 1. The number of carbonyl (C=O) groups is 1. The summed E-state index contributed by atoms with van der Waals surface area (Å²) in [6.45, 7) is 7.00. The first-order chi connectivity index (χ1) is 12.2. The summed E-state index contributed by atoms with van der Waals surface area (Å²) in [5, 5.41) is 2.18. The summed E-state index contributed by atoms with van der Waals surface area (Å²) < 4.78 is 0. The van der Waals surface area contributed by atoms with Crippen LogP contribution in [-0.2, 0) is 11.2 Å². The second-order valence-corrected chi connectivity index (χ2v) is 7.77. The molecule has 1 fully saturated rings. The molecule has 4 rings (SSSR count). The lowest BCUT2D eigenvalue weighted by atomic mass is 10.0. The monoisotopic (exact) mass is 358 g/mol. The Kier molecular flexibility index (Phi) is 4.67. The van der Waals surface area contributed by atoms with Gasteiger partial charge in [0, 0.05) is 55.4 Å². The number of anilines is 1. The molecule has 0 bridgehead atoms. The molecule has 0 aliphatic carbocycles. The predicted molar refractivity (Wildman–Crippen MR) is 98.0 cm³/mol. The molecular weight excluding hydrogens is 334 g/mol. The van der Waals surface area contributed by atoms with Gasteiger partial charge in [0.05, 0.1) is 6.54 Å². The van der Waals surface area contributed by atoms with Gasteiger partial charge >= 0.3 is 0 Å². The number of piperazine rings is 1. The minimum atomic E-state index is 0.272. The third-order valence-corrected chi connectivity index (χ3v) is 6.37. The smallest absolute Gasteiger partial charge is 0.277 e. The molecule has 0 radical (unpaired) electrons. The van der Waals surface area contributed by atoms with Gasteiger partial charge in [0.25, 0.3) is 5.91 Å². The molecule has 2 aliphatic rings. The third-order valence-electron chi connectivity index (χ3n) is 5.38. The first-order valence-corrected chi connectivity index (χ1v) is 9.81. The second kappa shape index (κ2) is 7.09. The lowest BCUT2D eigenvalue weighted by molar-refractivity contribution is -0.924. The standard InChI is InChI=1S/C18H23N5OS/c1-14-15-4-12-25-16(15)3-7-23(14)13-17(24)21-8-10-22(11-9-21)18-19-5-2-6-20-18/h2,4-6,12,14H,3,7-11,13H2,1H3/p+1/t14-/m1/s1. The maximum atomic E-state index is 12.8. The first kappa shape index (κ1) is 16.5. The van der Waals surface area contributed by atoms with Gasteiger partial charge in [-0.25, -0.2) is 9.97 Å². The van der Waals surface area contributed by atoms with Crippen LogP contribution in [0.5, 0.6) is 0 Å². The fraction of sp³-hybridized carbons (Fsp3) is 0.500. The molecule has 2 aliphatic heterocycles. The summed E-state index contributed by atoms with van der Waals surface area (Å²) in [5.74, 6) is 1.03. The van der Waals surface area contributed by atoms with Gasteiger partial charge in [-0.3, -0.25) is 4.79 Å². The largest absolute Gasteiger partial charge is 0.337 e. The Bertz CT molecular complexity index is 726. The van der Waals surface area contributed by atoms with Gasteiger partial charge in [0.15, 0.2) is 6.54 Å². The average molecular weight is 358 g/mol. The maximum Gasteiger partial charge on any atom is 0.277 e. The first-order valence-electron chi connectivity index (χ1n) is 8.93. The second-order valence-electron chi connectivity index (χ2n) is 6.77. The van der Waals surface area contributed by atoms with Crippen LogP contribution in [0.15, 0.2) is 29.9 Å². The Morgan fingerprint density at radius 1 is 1.28 bits per heavy atom. The van der Waals surface area contributed by atoms with Crippen molar-refractivity contribution in [3.63, 3.8) is 0 Å². The average Bonchev–Trinajstić information content (AvgIpc) is 3.14. The zero-order valence-corrected chi connectivity index (χ0v) is 15.3. The topological polar surface area (TPSA) is 53.8 Å². The number of quaternary nitrogens is 1. The number of nitrogens with one attached hydrogen (secondary N) is 1. The fourth-order valence-corrected chi connectivity index (χ4v) is 4.79. The van der Waals surface area contributed by atoms with Gasteiger partial charge in [-0.05, 0) is 24.4 Å². The molecule has 0 aromatic carbocycles. The summed E-state index contributed by atoms with van der Waals surface area (Å²) in [7, 11) is 0. The lowest BCUT2D eigenvalue weighted by Gasteiger charge is -2.36. The van der Waals surface area contributed by atoms with Gasteiger partial charge in [-0.2, -0.15) is 0 Å². The molecule has 0 saturated carbocycles. The Morgan fingerprint density at radius 3 is 2.80 bits per heavy atom. The molecule has 6 nitrogen and oxygen atoms in total. The van der Waals surface area contributed by atoms with Crippen molar-refractivity contribution in [1.82, 2.24) is 14.9 Å². The molecule has 2 atom stereocenters. The lowest BCUT2D eigenvalue weighted by Crippen LogP contribution is -3.14. The molecule has 25 heavy (non-hydrogen) atoms. The molecule has 0 spiro atoms. The van der Waals surface area contributed by atoms with E-state index in [1.54, 1.807) is 12.4 Å². The van der Waals surface area contributed by atoms with E-state index in [1.807, 2.05) is 22.3 Å². The van der Waals surface area contributed by atoms with Crippen LogP contribution in [-0.4, -0.2) is 60.0 Å². The molecule has 1 saturated heterocycles. The van der Waals surface area contributed by atoms with E-state index in [1.165, 1.54) is 15.3 Å². The van der Waals surface area contributed by atoms with Crippen molar-refractivity contribution < 1.29 is 9.69 Å². The van der Waals surface area contributed by atoms with Crippen LogP contribution in [0, 0.1) is 0 Å². The number of hydrogen-bond acceptors (Lipinski definition) is 5. The summed E-state index contributed by atoms with van der Waals surface area (Å²) in [6, 6.07) is 4.47. The van der Waals surface area contributed by atoms with Crippen LogP contribution in [0.25, 0.3) is 0 Å². The van der Waals surface area contributed by atoms with Gasteiger partial charge in [0.1, 0.15) is 6.04 Å². The van der Waals surface area contributed by atoms with Crippen molar-refractivity contribution in [3.8, 4) is 0 Å². The number of thiophene rings is 1. The van der Waals surface area contributed by atoms with E-state index in [4.69, 9.17) is 0 Å². The van der Waals surface area contributed by atoms with Crippen LogP contribution < -0.4 is 9.80 Å². The van der Waals surface area contributed by atoms with Crippen LogP contribution >= 0.6 is 11.3 Å². The van der Waals surface area contributed by atoms with E-state index in [2.05, 4.69) is 33.2 Å². The van der Waals surface area contributed by atoms with E-state index in [9.17, 15) is 4.79 Å². The maximum absolute atomic E-state index is 12.8. The van der Waals surface area contributed by atoms with E-state index < -0.39 is 0 Å². The number of nitrogens with zero attached hydrogens (tertiary/aromatic N) is 4. The molecule has 1 amide bonds. The van der Waals surface area contributed by atoms with Crippen molar-refractivity contribution in [2.45, 2.75) is 19.4 Å². The minimum absolute atomic E-state index is 0.272. The molecule has 7 heteroatoms. The minimum Gasteiger partial charge on any atom is -0.337 e. The Balaban J connectivity index is 1.32. The molecular formula is C18H24N5OS+. The molecule has 132 valence electrons. The molecule has 2 aromatic rings. The van der Waals surface area contributed by atoms with Gasteiger partial charge in [0.2, 0.25) is 5.95 Å². The van der Waals surface area contributed by atoms with Gasteiger partial charge in [-0.1, -0.05) is 0 Å². The number of fused-ring (bicyclic) bond motifs is 1. The fourth-order valence-electron chi connectivity index (χ4n) is 3.81. The molecule has 1 unspecified atom stereocenters. The summed E-state index contributed by atoms with van der Waals surface area (Å²) in [4.78, 5) is 28.4. The number of hydrogen-bond donors (Lipinski definition) is 1. The predicted octanol–water partition coefficient (Wildman–Crippen LogP) is 0.389. The molecule has 1 N–H and O–H groups in total. The molecule has 2 aromatic heterocycles. The summed E-state index contributed by atoms with van der Waals surface area (Å²) >= 11 is 1.85. The van der Waals surface area contributed by atoms with Gasteiger partial charge < -0.3 is 14.7 Å². The Hall–Kier alpha value is -1.99. The highest BCUT2D eigenvalue weighted by Crippen LogP contribution is 2.24. The SMILES string of the molecule is C[C@@H]1c2ccsc2CC[NH+]1CC(=O)N1CCN(c2ncccn2)CC1. The van der Waals surface area contributed by atoms with E-state index in [0.29, 0.717) is 12.6 Å². The highest BCUT2D eigenvalue weighted by Gasteiger charge is 2.32. The number of rotatable bonds is 3. The van der Waals surface area contributed by atoms with E-state index >= 15 is 0 Å². The number of carbonyl (C=O) groups excluding carboxylic acids is 1. The van der Waals surface area contributed by atoms with Crippen molar-refractivity contribution in [2.75, 3.05) is 44.2 Å². The van der Waals surface area contributed by atoms with Crippen molar-refractivity contribution in [1.29, 1.82) is 0 Å². The quantitative estimate of drug-likeness (QED) is 0.862. The number of aromatic nitrogens is 2. The van der Waals surface area contributed by atoms with Crippen molar-refractivity contribution >= 4 is 23.2 Å². The van der Waals surface area contributed by atoms with Crippen molar-refractivity contribution in [3.05, 3.63) is 40.3 Å². The Morgan fingerprint density at radius 2 is 2.04 bits per heavy atom. The van der Waals surface area contributed by atoms with Crippen LogP contribution in [0.3, 0.4) is 0 Å². The zero-order valence-electron chi connectivity index (χ0n) is 14.5. The summed E-state index contributed by atoms with van der Waals surface area (Å²) in [5.41, 5.74) is 1.44. The highest BCUT2D eigenvalue weighted by atomic mass is 32.1. The normalized spacial score (nSPS) is 23.4. The van der Waals surface area contributed by atoms with E-state index in [0.717, 1.165) is 45.1 Å². The van der Waals surface area contributed by atoms with E-state index in [-0.39, 0.29) is 5.91 Å². The van der Waals surface area contributed by atoms with Crippen LogP contribution in [0.4, 0.5) is 5.95 Å². The van der Waals surface area contributed by atoms with Gasteiger partial charge in [-0.15, -0.1) is 11.3 Å². The van der Waals surface area contributed by atoms with Crippen LogP contribution in [0.1, 0.15) is 23.4 Å². The molecule has 4 heterocycles. The Labute approximate surface area is 152 Å². The van der Waals surface area contributed by atoms with Crippen molar-refractivity contribution in [2.24, 2.45) is 0 Å². The van der Waals surface area contributed by atoms with Crippen LogP contribution in [0.2, 0.25) is 0 Å². The summed E-state index contributed by atoms with van der Waals surface area (Å²) in [6.07, 6.45) is 4.62. The third kappa shape index (κ3) is 3.39. The highest BCUT2D eigenvalue weighted by molar-refractivity contribution is 7.10. The zero-order chi connectivity index (χ0) is 17.2.